The number of rotatable bonds is 23. The molecular formula is C46H64N2. The van der Waals surface area contributed by atoms with Gasteiger partial charge in [0, 0.05) is 11.4 Å². The number of unbranched alkanes of at least 4 members (excludes halogenated alkanes) is 11. The second-order valence-corrected chi connectivity index (χ2v) is 14.3. The highest BCUT2D eigenvalue weighted by molar-refractivity contribution is 5.43. The molecule has 2 heteroatoms. The lowest BCUT2D eigenvalue weighted by atomic mass is 9.93. The average Bonchev–Trinajstić information content (AvgIpc) is 3.09. The Kier molecular flexibility index (Phi) is 16.7. The lowest BCUT2D eigenvalue weighted by Gasteiger charge is -2.12. The smallest absolute Gasteiger partial charge is 0.0314 e. The number of anilines is 2. The Hall–Kier alpha value is -3.52. The van der Waals surface area contributed by atoms with E-state index in [1.54, 1.807) is 0 Å². The topological polar surface area (TPSA) is 52.0 Å². The van der Waals surface area contributed by atoms with E-state index in [9.17, 15) is 0 Å². The predicted octanol–water partition coefficient (Wildman–Crippen LogP) is 12.4. The van der Waals surface area contributed by atoms with Gasteiger partial charge in [0.2, 0.25) is 0 Å². The Balaban J connectivity index is 1.01. The first-order valence-electron chi connectivity index (χ1n) is 19.4. The van der Waals surface area contributed by atoms with E-state index in [2.05, 4.69) is 74.5 Å². The van der Waals surface area contributed by atoms with Crippen LogP contribution in [0.25, 0.3) is 0 Å². The van der Waals surface area contributed by atoms with Crippen molar-refractivity contribution in [1.29, 1.82) is 0 Å². The summed E-state index contributed by atoms with van der Waals surface area (Å²) in [5.41, 5.74) is 25.2. The summed E-state index contributed by atoms with van der Waals surface area (Å²) in [6.07, 6.45) is 25.7. The Morgan fingerprint density at radius 3 is 0.979 bits per heavy atom. The second-order valence-electron chi connectivity index (χ2n) is 14.3. The minimum absolute atomic E-state index is 0.839. The SMILES string of the molecule is CCCc1cc(CCCCCCCCCCCCCCc2ccc(Cc3ccc(N)cc3)c(CCC)c2)ccc1Cc1ccc(N)cc1. The number of aryl methyl sites for hydroxylation is 4. The molecule has 0 aromatic heterocycles. The Morgan fingerprint density at radius 2 is 0.646 bits per heavy atom. The van der Waals surface area contributed by atoms with Crippen molar-refractivity contribution in [3.63, 3.8) is 0 Å². The van der Waals surface area contributed by atoms with Gasteiger partial charge in [-0.3, -0.25) is 0 Å². The molecule has 4 N–H and O–H groups in total. The summed E-state index contributed by atoms with van der Waals surface area (Å²) in [7, 11) is 0. The number of nitrogens with two attached hydrogens (primary N) is 2. The highest BCUT2D eigenvalue weighted by Gasteiger charge is 2.07. The summed E-state index contributed by atoms with van der Waals surface area (Å²) in [6.45, 7) is 4.57. The third kappa shape index (κ3) is 13.5. The zero-order valence-electron chi connectivity index (χ0n) is 30.4. The molecule has 0 saturated heterocycles. The summed E-state index contributed by atoms with van der Waals surface area (Å²) < 4.78 is 0. The van der Waals surface area contributed by atoms with E-state index in [4.69, 9.17) is 11.5 Å². The molecule has 4 rings (SSSR count). The quantitative estimate of drug-likeness (QED) is 0.0623. The summed E-state index contributed by atoms with van der Waals surface area (Å²) in [6, 6.07) is 31.2. The molecule has 0 unspecified atom stereocenters. The van der Waals surface area contributed by atoms with E-state index < -0.39 is 0 Å². The van der Waals surface area contributed by atoms with Gasteiger partial charge in [-0.05, 0) is 120 Å². The van der Waals surface area contributed by atoms with Gasteiger partial charge in [0.05, 0.1) is 0 Å². The third-order valence-electron chi connectivity index (χ3n) is 10.0. The number of hydrogen-bond donors (Lipinski definition) is 2. The Bertz CT molecular complexity index is 1340. The maximum absolute atomic E-state index is 5.88. The van der Waals surface area contributed by atoms with Gasteiger partial charge in [0.15, 0.2) is 0 Å². The zero-order valence-corrected chi connectivity index (χ0v) is 30.4. The van der Waals surface area contributed by atoms with Crippen LogP contribution in [0.5, 0.6) is 0 Å². The lowest BCUT2D eigenvalue weighted by Crippen LogP contribution is -1.98. The summed E-state index contributed by atoms with van der Waals surface area (Å²) >= 11 is 0. The van der Waals surface area contributed by atoms with Gasteiger partial charge in [-0.15, -0.1) is 0 Å². The first-order chi connectivity index (χ1) is 23.5. The minimum atomic E-state index is 0.839. The summed E-state index contributed by atoms with van der Waals surface area (Å²) in [5.74, 6) is 0. The largest absolute Gasteiger partial charge is 0.399 e. The normalized spacial score (nSPS) is 11.3. The third-order valence-corrected chi connectivity index (χ3v) is 10.0. The van der Waals surface area contributed by atoms with E-state index in [-0.39, 0.29) is 0 Å². The number of benzene rings is 4. The van der Waals surface area contributed by atoms with Crippen LogP contribution in [0.3, 0.4) is 0 Å². The molecule has 0 fully saturated rings. The molecule has 4 aromatic rings. The van der Waals surface area contributed by atoms with E-state index in [0.717, 1.165) is 24.2 Å². The first kappa shape index (κ1) is 37.3. The fourth-order valence-corrected chi connectivity index (χ4v) is 7.16. The van der Waals surface area contributed by atoms with Crippen LogP contribution in [0.15, 0.2) is 84.9 Å². The molecule has 0 spiro atoms. The molecule has 0 saturated carbocycles. The highest BCUT2D eigenvalue weighted by Crippen LogP contribution is 2.23. The molecule has 48 heavy (non-hydrogen) atoms. The van der Waals surface area contributed by atoms with Crippen molar-refractivity contribution in [2.75, 3.05) is 11.5 Å². The molecule has 0 amide bonds. The predicted molar refractivity (Wildman–Crippen MR) is 211 cm³/mol. The van der Waals surface area contributed by atoms with E-state index in [1.165, 1.54) is 160 Å². The van der Waals surface area contributed by atoms with Crippen LogP contribution in [0, 0.1) is 0 Å². The highest BCUT2D eigenvalue weighted by atomic mass is 14.5. The molecule has 0 atom stereocenters. The van der Waals surface area contributed by atoms with Gasteiger partial charge in [-0.1, -0.05) is 152 Å². The molecule has 0 heterocycles. The summed E-state index contributed by atoms with van der Waals surface area (Å²) in [5, 5.41) is 0. The number of hydrogen-bond acceptors (Lipinski definition) is 2. The molecule has 0 bridgehead atoms. The molecule has 0 aliphatic carbocycles. The molecule has 0 radical (unpaired) electrons. The van der Waals surface area contributed by atoms with Crippen molar-refractivity contribution in [2.45, 2.75) is 142 Å². The Morgan fingerprint density at radius 1 is 0.333 bits per heavy atom. The van der Waals surface area contributed by atoms with Gasteiger partial charge in [0.25, 0.3) is 0 Å². The van der Waals surface area contributed by atoms with E-state index in [1.807, 2.05) is 24.3 Å². The molecule has 0 aliphatic rings. The number of nitrogen functional groups attached to an aromatic ring is 2. The maximum atomic E-state index is 5.88. The van der Waals surface area contributed by atoms with Gasteiger partial charge < -0.3 is 11.5 Å². The maximum Gasteiger partial charge on any atom is 0.0314 e. The monoisotopic (exact) mass is 645 g/mol. The van der Waals surface area contributed by atoms with Crippen molar-refractivity contribution < 1.29 is 0 Å². The van der Waals surface area contributed by atoms with Crippen LogP contribution in [-0.2, 0) is 38.5 Å². The molecule has 4 aromatic carbocycles. The molecule has 2 nitrogen and oxygen atoms in total. The zero-order chi connectivity index (χ0) is 33.8. The van der Waals surface area contributed by atoms with Crippen LogP contribution in [0.1, 0.15) is 148 Å². The molecule has 258 valence electrons. The van der Waals surface area contributed by atoms with Crippen molar-refractivity contribution in [1.82, 2.24) is 0 Å². The standard InChI is InChI=1S/C46H64N2/c1-3-17-41-33-37(21-27-43(41)35-39-23-29-45(47)30-24-39)19-15-13-11-9-7-5-6-8-10-12-14-16-20-38-22-28-44(42(34-38)18-4-2)36-40-25-31-46(48)32-26-40/h21-34H,3-20,35-36,47-48H2,1-2H3. The van der Waals surface area contributed by atoms with Crippen LogP contribution in [0.4, 0.5) is 11.4 Å². The second kappa shape index (κ2) is 21.5. The first-order valence-corrected chi connectivity index (χ1v) is 19.4. The van der Waals surface area contributed by atoms with Gasteiger partial charge in [-0.2, -0.15) is 0 Å². The van der Waals surface area contributed by atoms with Crippen LogP contribution >= 0.6 is 0 Å². The van der Waals surface area contributed by atoms with Crippen LogP contribution in [0.2, 0.25) is 0 Å². The van der Waals surface area contributed by atoms with Crippen molar-refractivity contribution in [3.8, 4) is 0 Å². The van der Waals surface area contributed by atoms with Crippen molar-refractivity contribution in [3.05, 3.63) is 129 Å². The Labute approximate surface area is 293 Å². The minimum Gasteiger partial charge on any atom is -0.399 e. The molecule has 0 aliphatic heterocycles. The van der Waals surface area contributed by atoms with E-state index >= 15 is 0 Å². The van der Waals surface area contributed by atoms with E-state index in [0.29, 0.717) is 0 Å². The van der Waals surface area contributed by atoms with Crippen LogP contribution in [-0.4, -0.2) is 0 Å². The van der Waals surface area contributed by atoms with Crippen molar-refractivity contribution in [2.24, 2.45) is 0 Å². The van der Waals surface area contributed by atoms with Crippen LogP contribution < -0.4 is 11.5 Å². The summed E-state index contributed by atoms with van der Waals surface area (Å²) in [4.78, 5) is 0. The van der Waals surface area contributed by atoms with Gasteiger partial charge in [0.1, 0.15) is 0 Å². The van der Waals surface area contributed by atoms with Crippen molar-refractivity contribution >= 4 is 11.4 Å². The fourth-order valence-electron chi connectivity index (χ4n) is 7.16. The lowest BCUT2D eigenvalue weighted by molar-refractivity contribution is 0.540. The van der Waals surface area contributed by atoms with Gasteiger partial charge in [-0.25, -0.2) is 0 Å². The fraction of sp³-hybridized carbons (Fsp3) is 0.478. The average molecular weight is 645 g/mol. The van der Waals surface area contributed by atoms with Gasteiger partial charge >= 0.3 is 0 Å². The molecular weight excluding hydrogens is 581 g/mol.